The molecule has 0 aliphatic carbocycles. The Morgan fingerprint density at radius 2 is 2.31 bits per heavy atom. The number of carbonyl (C=O) groups is 1. The zero-order valence-electron chi connectivity index (χ0n) is 9.44. The van der Waals surface area contributed by atoms with Gasteiger partial charge in [0.15, 0.2) is 0 Å². The Morgan fingerprint density at radius 1 is 1.56 bits per heavy atom. The van der Waals surface area contributed by atoms with Gasteiger partial charge in [0.25, 0.3) is 5.91 Å². The van der Waals surface area contributed by atoms with Crippen LogP contribution in [0.15, 0.2) is 24.3 Å². The summed E-state index contributed by atoms with van der Waals surface area (Å²) in [6.07, 6.45) is 1.75. The third kappa shape index (κ3) is 3.90. The molecule has 0 aliphatic rings. The van der Waals surface area contributed by atoms with Crippen LogP contribution in [-0.4, -0.2) is 23.6 Å². The van der Waals surface area contributed by atoms with Crippen LogP contribution in [-0.2, 0) is 0 Å². The molecule has 4 N–H and O–H groups in total. The molecule has 1 amide bonds. The third-order valence-electron chi connectivity index (χ3n) is 2.33. The van der Waals surface area contributed by atoms with E-state index in [1.54, 1.807) is 12.1 Å². The number of hydrogen-bond donors (Lipinski definition) is 3. The van der Waals surface area contributed by atoms with Gasteiger partial charge >= 0.3 is 0 Å². The molecule has 1 aromatic rings. The van der Waals surface area contributed by atoms with Gasteiger partial charge in [-0.2, -0.15) is 0 Å². The number of carbonyl (C=O) groups excluding carboxylic acids is 1. The maximum atomic E-state index is 11.7. The second-order valence-corrected chi connectivity index (χ2v) is 3.86. The fraction of sp³-hybridized carbons (Fsp3) is 0.417. The van der Waals surface area contributed by atoms with Gasteiger partial charge in [-0.15, -0.1) is 0 Å². The summed E-state index contributed by atoms with van der Waals surface area (Å²) in [6, 6.07) is 6.40. The molecule has 0 aliphatic heterocycles. The van der Waals surface area contributed by atoms with Gasteiger partial charge in [-0.3, -0.25) is 4.79 Å². The number of phenols is 1. The first-order chi connectivity index (χ1) is 7.63. The fourth-order valence-electron chi connectivity index (χ4n) is 1.45. The van der Waals surface area contributed by atoms with Crippen LogP contribution < -0.4 is 11.1 Å². The van der Waals surface area contributed by atoms with Gasteiger partial charge in [0.2, 0.25) is 0 Å². The SMILES string of the molecule is CC(CCCN)NC(=O)c1cccc(O)c1. The molecule has 0 fully saturated rings. The number of amides is 1. The van der Waals surface area contributed by atoms with Crippen molar-refractivity contribution in [3.63, 3.8) is 0 Å². The monoisotopic (exact) mass is 222 g/mol. The summed E-state index contributed by atoms with van der Waals surface area (Å²) in [7, 11) is 0. The fourth-order valence-corrected chi connectivity index (χ4v) is 1.45. The summed E-state index contributed by atoms with van der Waals surface area (Å²) in [5.74, 6) is -0.0670. The molecule has 0 saturated carbocycles. The van der Waals surface area contributed by atoms with Crippen LogP contribution in [0.4, 0.5) is 0 Å². The van der Waals surface area contributed by atoms with Gasteiger partial charge in [0.1, 0.15) is 5.75 Å². The van der Waals surface area contributed by atoms with Crippen molar-refractivity contribution in [2.24, 2.45) is 5.73 Å². The summed E-state index contributed by atoms with van der Waals surface area (Å²) in [5, 5.41) is 12.1. The number of rotatable bonds is 5. The first kappa shape index (κ1) is 12.5. The predicted octanol–water partition coefficient (Wildman–Crippen LogP) is 1.25. The Bertz CT molecular complexity index is 353. The van der Waals surface area contributed by atoms with Gasteiger partial charge < -0.3 is 16.2 Å². The standard InChI is InChI=1S/C12H18N2O2/c1-9(4-3-7-13)14-12(16)10-5-2-6-11(15)8-10/h2,5-6,8-9,15H,3-4,7,13H2,1H3,(H,14,16). The van der Waals surface area contributed by atoms with E-state index in [2.05, 4.69) is 5.32 Å². The molecule has 4 heteroatoms. The molecule has 16 heavy (non-hydrogen) atoms. The smallest absolute Gasteiger partial charge is 0.251 e. The topological polar surface area (TPSA) is 75.3 Å². The average Bonchev–Trinajstić information content (AvgIpc) is 2.26. The zero-order chi connectivity index (χ0) is 12.0. The number of benzene rings is 1. The maximum Gasteiger partial charge on any atom is 0.251 e. The minimum atomic E-state index is -0.166. The van der Waals surface area contributed by atoms with E-state index in [9.17, 15) is 9.90 Å². The van der Waals surface area contributed by atoms with Crippen LogP contribution in [0.5, 0.6) is 5.75 Å². The van der Waals surface area contributed by atoms with Gasteiger partial charge in [-0.05, 0) is 44.5 Å². The van der Waals surface area contributed by atoms with E-state index in [1.165, 1.54) is 12.1 Å². The van der Waals surface area contributed by atoms with E-state index in [0.29, 0.717) is 12.1 Å². The van der Waals surface area contributed by atoms with Crippen molar-refractivity contribution in [2.75, 3.05) is 6.54 Å². The molecule has 1 rings (SSSR count). The Morgan fingerprint density at radius 3 is 2.94 bits per heavy atom. The molecular weight excluding hydrogens is 204 g/mol. The van der Waals surface area contributed by atoms with Crippen LogP contribution in [0.1, 0.15) is 30.1 Å². The van der Waals surface area contributed by atoms with Crippen LogP contribution in [0.2, 0.25) is 0 Å². The number of hydrogen-bond acceptors (Lipinski definition) is 3. The zero-order valence-corrected chi connectivity index (χ0v) is 9.44. The van der Waals surface area contributed by atoms with E-state index in [4.69, 9.17) is 5.73 Å². The molecule has 1 atom stereocenters. The summed E-state index contributed by atoms with van der Waals surface area (Å²) >= 11 is 0. The largest absolute Gasteiger partial charge is 0.508 e. The first-order valence-corrected chi connectivity index (χ1v) is 5.43. The molecule has 0 radical (unpaired) electrons. The van der Waals surface area contributed by atoms with Crippen molar-refractivity contribution in [3.8, 4) is 5.75 Å². The van der Waals surface area contributed by atoms with Crippen molar-refractivity contribution >= 4 is 5.91 Å². The lowest BCUT2D eigenvalue weighted by atomic mass is 10.1. The molecule has 1 unspecified atom stereocenters. The van der Waals surface area contributed by atoms with Gasteiger partial charge in [-0.25, -0.2) is 0 Å². The molecule has 0 bridgehead atoms. The number of nitrogens with one attached hydrogen (secondary N) is 1. The van der Waals surface area contributed by atoms with E-state index >= 15 is 0 Å². The Hall–Kier alpha value is -1.55. The van der Waals surface area contributed by atoms with Crippen LogP contribution in [0.25, 0.3) is 0 Å². The van der Waals surface area contributed by atoms with Crippen molar-refractivity contribution in [3.05, 3.63) is 29.8 Å². The molecule has 4 nitrogen and oxygen atoms in total. The minimum Gasteiger partial charge on any atom is -0.508 e. The van der Waals surface area contributed by atoms with Gasteiger partial charge in [0, 0.05) is 11.6 Å². The van der Waals surface area contributed by atoms with E-state index in [1.807, 2.05) is 6.92 Å². The number of nitrogens with two attached hydrogens (primary N) is 1. The van der Waals surface area contributed by atoms with Gasteiger partial charge in [0.05, 0.1) is 0 Å². The second-order valence-electron chi connectivity index (χ2n) is 3.86. The summed E-state index contributed by atoms with van der Waals surface area (Å²) in [6.45, 7) is 2.57. The average molecular weight is 222 g/mol. The van der Waals surface area contributed by atoms with Crippen LogP contribution in [0, 0.1) is 0 Å². The van der Waals surface area contributed by atoms with E-state index in [-0.39, 0.29) is 17.7 Å². The second kappa shape index (κ2) is 6.12. The lowest BCUT2D eigenvalue weighted by Crippen LogP contribution is -2.32. The molecule has 88 valence electrons. The maximum absolute atomic E-state index is 11.7. The number of aromatic hydroxyl groups is 1. The highest BCUT2D eigenvalue weighted by atomic mass is 16.3. The third-order valence-corrected chi connectivity index (χ3v) is 2.33. The van der Waals surface area contributed by atoms with E-state index < -0.39 is 0 Å². The van der Waals surface area contributed by atoms with Crippen molar-refractivity contribution in [2.45, 2.75) is 25.8 Å². The molecule has 0 spiro atoms. The van der Waals surface area contributed by atoms with Crippen LogP contribution in [0.3, 0.4) is 0 Å². The highest BCUT2D eigenvalue weighted by molar-refractivity contribution is 5.94. The normalized spacial score (nSPS) is 12.1. The first-order valence-electron chi connectivity index (χ1n) is 5.43. The molecule has 0 heterocycles. The van der Waals surface area contributed by atoms with Crippen molar-refractivity contribution < 1.29 is 9.90 Å². The summed E-state index contributed by atoms with van der Waals surface area (Å²) in [4.78, 5) is 11.7. The Kier molecular flexibility index (Phi) is 4.79. The molecule has 0 saturated heterocycles. The molecule has 1 aromatic carbocycles. The molecule has 0 aromatic heterocycles. The van der Waals surface area contributed by atoms with Crippen molar-refractivity contribution in [1.82, 2.24) is 5.32 Å². The lowest BCUT2D eigenvalue weighted by Gasteiger charge is -2.13. The quantitative estimate of drug-likeness (QED) is 0.701. The Balaban J connectivity index is 2.52. The summed E-state index contributed by atoms with van der Waals surface area (Å²) in [5.41, 5.74) is 5.86. The van der Waals surface area contributed by atoms with E-state index in [0.717, 1.165) is 12.8 Å². The molecular formula is C12H18N2O2. The minimum absolute atomic E-state index is 0.0957. The Labute approximate surface area is 95.5 Å². The van der Waals surface area contributed by atoms with Crippen molar-refractivity contribution in [1.29, 1.82) is 0 Å². The number of phenolic OH excluding ortho intramolecular Hbond substituents is 1. The van der Waals surface area contributed by atoms with Crippen LogP contribution >= 0.6 is 0 Å². The predicted molar refractivity (Wildman–Crippen MR) is 63.3 cm³/mol. The highest BCUT2D eigenvalue weighted by Gasteiger charge is 2.09. The van der Waals surface area contributed by atoms with Gasteiger partial charge in [-0.1, -0.05) is 6.07 Å². The highest BCUT2D eigenvalue weighted by Crippen LogP contribution is 2.11. The lowest BCUT2D eigenvalue weighted by molar-refractivity contribution is 0.0937. The summed E-state index contributed by atoms with van der Waals surface area (Å²) < 4.78 is 0.